The van der Waals surface area contributed by atoms with E-state index in [9.17, 15) is 13.2 Å². The average Bonchev–Trinajstić information content (AvgIpc) is 2.75. The van der Waals surface area contributed by atoms with E-state index in [2.05, 4.69) is 21.2 Å². The summed E-state index contributed by atoms with van der Waals surface area (Å²) < 4.78 is 34.0. The normalized spacial score (nSPS) is 13.8. The molecule has 3 aromatic carbocycles. The Bertz CT molecular complexity index is 1250. The molecule has 1 amide bonds. The van der Waals surface area contributed by atoms with Crippen molar-refractivity contribution in [3.8, 4) is 16.9 Å². The molecule has 0 spiro atoms. The molecule has 0 aromatic heterocycles. The first-order valence-corrected chi connectivity index (χ1v) is 12.0. The largest absolute Gasteiger partial charge is 0.490 e. The van der Waals surface area contributed by atoms with E-state index in [4.69, 9.17) is 16.3 Å². The van der Waals surface area contributed by atoms with Gasteiger partial charge in [0.1, 0.15) is 18.9 Å². The Kier molecular flexibility index (Phi) is 6.22. The van der Waals surface area contributed by atoms with Crippen molar-refractivity contribution in [2.75, 3.05) is 24.0 Å². The highest BCUT2D eigenvalue weighted by atomic mass is 79.9. The summed E-state index contributed by atoms with van der Waals surface area (Å²) in [5.74, 6) is 0.0905. The third kappa shape index (κ3) is 4.42. The van der Waals surface area contributed by atoms with E-state index in [1.54, 1.807) is 60.7 Å². The molecule has 0 radical (unpaired) electrons. The van der Waals surface area contributed by atoms with Crippen LogP contribution >= 0.6 is 27.5 Å². The highest BCUT2D eigenvalue weighted by molar-refractivity contribution is 9.10. The van der Waals surface area contributed by atoms with Gasteiger partial charge in [-0.1, -0.05) is 57.9 Å². The van der Waals surface area contributed by atoms with Gasteiger partial charge in [0.2, 0.25) is 5.91 Å². The Morgan fingerprint density at radius 3 is 2.58 bits per heavy atom. The first-order chi connectivity index (χ1) is 14.9. The molecular weight excluding hydrogens is 504 g/mol. The summed E-state index contributed by atoms with van der Waals surface area (Å²) in [4.78, 5) is 12.7. The van der Waals surface area contributed by atoms with E-state index in [0.29, 0.717) is 22.0 Å². The van der Waals surface area contributed by atoms with Crippen LogP contribution in [0.2, 0.25) is 5.02 Å². The maximum absolute atomic E-state index is 13.2. The molecule has 31 heavy (non-hydrogen) atoms. The minimum Gasteiger partial charge on any atom is -0.490 e. The predicted molar refractivity (Wildman–Crippen MR) is 124 cm³/mol. The fraction of sp³-hybridized carbons (Fsp3) is 0.136. The van der Waals surface area contributed by atoms with Gasteiger partial charge in [-0.15, -0.1) is 0 Å². The van der Waals surface area contributed by atoms with Crippen molar-refractivity contribution in [3.63, 3.8) is 0 Å². The molecule has 0 saturated heterocycles. The molecule has 1 N–H and O–H groups in total. The fourth-order valence-electron chi connectivity index (χ4n) is 3.37. The highest BCUT2D eigenvalue weighted by Gasteiger charge is 2.35. The number of hydrogen-bond acceptors (Lipinski definition) is 4. The molecular formula is C22H18BrClN2O4S. The Hall–Kier alpha value is -2.55. The van der Waals surface area contributed by atoms with Gasteiger partial charge in [-0.2, -0.15) is 0 Å². The van der Waals surface area contributed by atoms with Gasteiger partial charge in [0, 0.05) is 15.6 Å². The lowest BCUT2D eigenvalue weighted by atomic mass is 10.0. The van der Waals surface area contributed by atoms with Crippen LogP contribution in [0.4, 0.5) is 5.69 Å². The van der Waals surface area contributed by atoms with E-state index >= 15 is 0 Å². The molecule has 0 saturated carbocycles. The van der Waals surface area contributed by atoms with E-state index in [1.807, 2.05) is 6.07 Å². The van der Waals surface area contributed by atoms with Crippen LogP contribution in [-0.2, 0) is 14.8 Å². The van der Waals surface area contributed by atoms with Crippen molar-refractivity contribution < 1.29 is 17.9 Å². The molecule has 1 heterocycles. The molecule has 0 bridgehead atoms. The van der Waals surface area contributed by atoms with Crippen LogP contribution < -0.4 is 14.4 Å². The van der Waals surface area contributed by atoms with Crippen molar-refractivity contribution in [1.29, 1.82) is 0 Å². The van der Waals surface area contributed by atoms with Gasteiger partial charge in [-0.25, -0.2) is 8.42 Å². The zero-order valence-electron chi connectivity index (χ0n) is 16.2. The number of nitrogens with zero attached hydrogens (tertiary/aromatic N) is 1. The summed E-state index contributed by atoms with van der Waals surface area (Å²) in [5, 5.41) is 3.18. The summed E-state index contributed by atoms with van der Waals surface area (Å²) >= 11 is 9.47. The smallest absolute Gasteiger partial charge is 0.265 e. The molecule has 1 aliphatic heterocycles. The van der Waals surface area contributed by atoms with Gasteiger partial charge in [-0.05, 0) is 36.4 Å². The molecule has 6 nitrogen and oxygen atoms in total. The number of anilines is 1. The molecule has 4 rings (SSSR count). The predicted octanol–water partition coefficient (Wildman–Crippen LogP) is 4.47. The second-order valence-electron chi connectivity index (χ2n) is 6.80. The van der Waals surface area contributed by atoms with Crippen molar-refractivity contribution in [3.05, 3.63) is 76.2 Å². The van der Waals surface area contributed by atoms with Crippen molar-refractivity contribution in [2.45, 2.75) is 4.90 Å². The van der Waals surface area contributed by atoms with Crippen LogP contribution in [0.5, 0.6) is 5.75 Å². The quantitative estimate of drug-likeness (QED) is 0.486. The summed E-state index contributed by atoms with van der Waals surface area (Å²) in [6.45, 7) is 0.0771. The fourth-order valence-corrected chi connectivity index (χ4v) is 5.57. The highest BCUT2D eigenvalue weighted by Crippen LogP contribution is 2.43. The number of carbonyl (C=O) groups is 1. The van der Waals surface area contributed by atoms with Crippen LogP contribution in [0.15, 0.2) is 76.1 Å². The zero-order valence-corrected chi connectivity index (χ0v) is 19.4. The van der Waals surface area contributed by atoms with Gasteiger partial charge in [0.15, 0.2) is 0 Å². The monoisotopic (exact) mass is 520 g/mol. The van der Waals surface area contributed by atoms with Gasteiger partial charge in [0.25, 0.3) is 10.0 Å². The lowest BCUT2D eigenvalue weighted by Gasteiger charge is -2.31. The molecule has 1 aliphatic rings. The van der Waals surface area contributed by atoms with Crippen LogP contribution in [0.3, 0.4) is 0 Å². The standard InChI is InChI=1S/C22H18BrClN2O4S/c23-15-9-10-19-17(13-15)16-5-1-4-8-21(16)31(28,29)26(19)14-22(27)25-11-12-30-20-7-3-2-6-18(20)24/h1-10,13H,11-12,14H2,(H,25,27). The Labute approximate surface area is 194 Å². The third-order valence-electron chi connectivity index (χ3n) is 4.78. The average molecular weight is 522 g/mol. The van der Waals surface area contributed by atoms with E-state index in [0.717, 1.165) is 14.3 Å². The van der Waals surface area contributed by atoms with E-state index in [-0.39, 0.29) is 24.6 Å². The maximum Gasteiger partial charge on any atom is 0.265 e. The molecule has 0 aliphatic carbocycles. The number of ether oxygens (including phenoxy) is 1. The van der Waals surface area contributed by atoms with Crippen molar-refractivity contribution >= 4 is 49.1 Å². The number of nitrogens with one attached hydrogen (secondary N) is 1. The number of sulfonamides is 1. The Morgan fingerprint density at radius 2 is 1.77 bits per heavy atom. The molecule has 0 fully saturated rings. The van der Waals surface area contributed by atoms with Crippen molar-refractivity contribution in [2.24, 2.45) is 0 Å². The minimum absolute atomic E-state index is 0.176. The first-order valence-electron chi connectivity index (χ1n) is 9.43. The zero-order chi connectivity index (χ0) is 22.0. The lowest BCUT2D eigenvalue weighted by Crippen LogP contribution is -2.43. The van der Waals surface area contributed by atoms with Crippen LogP contribution in [0, 0.1) is 0 Å². The topological polar surface area (TPSA) is 75.7 Å². The summed E-state index contributed by atoms with van der Waals surface area (Å²) in [5.41, 5.74) is 1.82. The first kappa shape index (κ1) is 21.7. The number of fused-ring (bicyclic) bond motifs is 3. The summed E-state index contributed by atoms with van der Waals surface area (Å²) in [6.07, 6.45) is 0. The van der Waals surface area contributed by atoms with Crippen LogP contribution in [0.1, 0.15) is 0 Å². The molecule has 0 unspecified atom stereocenters. The van der Waals surface area contributed by atoms with Crippen LogP contribution in [-0.4, -0.2) is 34.0 Å². The number of halogens is 2. The Balaban J connectivity index is 1.49. The van der Waals surface area contributed by atoms with Gasteiger partial charge >= 0.3 is 0 Å². The SMILES string of the molecule is O=C(CN1c2ccc(Br)cc2-c2ccccc2S1(=O)=O)NCCOc1ccccc1Cl. The van der Waals surface area contributed by atoms with Crippen LogP contribution in [0.25, 0.3) is 11.1 Å². The summed E-state index contributed by atoms with van der Waals surface area (Å²) in [6, 6.07) is 19.1. The molecule has 0 atom stereocenters. The maximum atomic E-state index is 13.2. The Morgan fingerprint density at radius 1 is 1.03 bits per heavy atom. The number of carbonyl (C=O) groups excluding carboxylic acids is 1. The number of hydrogen-bond donors (Lipinski definition) is 1. The van der Waals surface area contributed by atoms with Gasteiger partial charge in [-0.3, -0.25) is 9.10 Å². The second kappa shape index (κ2) is 8.90. The molecule has 9 heteroatoms. The van der Waals surface area contributed by atoms with E-state index < -0.39 is 15.9 Å². The molecule has 3 aromatic rings. The van der Waals surface area contributed by atoms with Gasteiger partial charge < -0.3 is 10.1 Å². The second-order valence-corrected chi connectivity index (χ2v) is 9.95. The van der Waals surface area contributed by atoms with Gasteiger partial charge in [0.05, 0.1) is 22.2 Å². The molecule has 160 valence electrons. The van der Waals surface area contributed by atoms with E-state index in [1.165, 1.54) is 0 Å². The number of amides is 1. The van der Waals surface area contributed by atoms with Crippen molar-refractivity contribution in [1.82, 2.24) is 5.32 Å². The number of para-hydroxylation sites is 1. The minimum atomic E-state index is -3.87. The number of rotatable bonds is 6. The number of benzene rings is 3. The third-order valence-corrected chi connectivity index (χ3v) is 7.40. The lowest BCUT2D eigenvalue weighted by molar-refractivity contribution is -0.119. The summed E-state index contributed by atoms with van der Waals surface area (Å²) in [7, 11) is -3.87.